The lowest BCUT2D eigenvalue weighted by Crippen LogP contribution is -2.28. The van der Waals surface area contributed by atoms with E-state index in [4.69, 9.17) is 16.3 Å². The van der Waals surface area contributed by atoms with E-state index in [2.05, 4.69) is 9.97 Å². The maximum absolute atomic E-state index is 12.6. The first-order valence-electron chi connectivity index (χ1n) is 8.34. The molecule has 0 fully saturated rings. The average molecular weight is 373 g/mol. The van der Waals surface area contributed by atoms with Crippen LogP contribution in [0.5, 0.6) is 0 Å². The monoisotopic (exact) mass is 372 g/mol. The Bertz CT molecular complexity index is 938. The number of hydrogen-bond acceptors (Lipinski definition) is 4. The number of ether oxygens (including phenoxy) is 1. The van der Waals surface area contributed by atoms with Gasteiger partial charge in [0.15, 0.2) is 5.65 Å². The normalized spacial score (nSPS) is 11.1. The van der Waals surface area contributed by atoms with Crippen molar-refractivity contribution in [2.45, 2.75) is 6.42 Å². The van der Waals surface area contributed by atoms with Gasteiger partial charge in [-0.15, -0.1) is 0 Å². The molecule has 0 unspecified atom stereocenters. The van der Waals surface area contributed by atoms with Crippen LogP contribution in [0.1, 0.15) is 16.8 Å². The van der Waals surface area contributed by atoms with Crippen molar-refractivity contribution in [2.75, 3.05) is 27.3 Å². The summed E-state index contributed by atoms with van der Waals surface area (Å²) >= 11 is 6.30. The Morgan fingerprint density at radius 2 is 2.12 bits per heavy atom. The third-order valence-corrected chi connectivity index (χ3v) is 4.59. The van der Waals surface area contributed by atoms with Crippen LogP contribution in [0.3, 0.4) is 0 Å². The molecule has 1 amide bonds. The molecule has 0 aliphatic rings. The van der Waals surface area contributed by atoms with Gasteiger partial charge in [0.1, 0.15) is 11.3 Å². The smallest absolute Gasteiger partial charge is 0.255 e. The fourth-order valence-electron chi connectivity index (χ4n) is 2.84. The lowest BCUT2D eigenvalue weighted by molar-refractivity contribution is 0.0779. The molecule has 26 heavy (non-hydrogen) atoms. The van der Waals surface area contributed by atoms with Gasteiger partial charge < -0.3 is 14.2 Å². The molecule has 0 atom stereocenters. The molecule has 2 aromatic heterocycles. The summed E-state index contributed by atoms with van der Waals surface area (Å²) in [5, 5.41) is 0.625. The van der Waals surface area contributed by atoms with Crippen LogP contribution in [0, 0.1) is 0 Å². The lowest BCUT2D eigenvalue weighted by Gasteiger charge is -2.16. The van der Waals surface area contributed by atoms with Crippen LogP contribution in [0.4, 0.5) is 0 Å². The summed E-state index contributed by atoms with van der Waals surface area (Å²) in [5.74, 6) is 0.636. The summed E-state index contributed by atoms with van der Waals surface area (Å²) in [7, 11) is 5.31. The topological polar surface area (TPSA) is 60.2 Å². The molecular formula is C19H21ClN4O2. The first-order chi connectivity index (χ1) is 12.5. The Morgan fingerprint density at radius 3 is 2.85 bits per heavy atom. The second-order valence-corrected chi connectivity index (χ2v) is 6.52. The number of carbonyl (C=O) groups is 1. The Balaban J connectivity index is 1.92. The number of fused-ring (bicyclic) bond motifs is 1. The van der Waals surface area contributed by atoms with Crippen LogP contribution >= 0.6 is 11.6 Å². The molecule has 6 nitrogen and oxygen atoms in total. The summed E-state index contributed by atoms with van der Waals surface area (Å²) in [6.07, 6.45) is 2.38. The van der Waals surface area contributed by atoms with E-state index in [1.807, 2.05) is 35.9 Å². The molecular weight excluding hydrogens is 352 g/mol. The number of aryl methyl sites for hydroxylation is 1. The van der Waals surface area contributed by atoms with Gasteiger partial charge in [-0.2, -0.15) is 0 Å². The Hall–Kier alpha value is -2.44. The molecule has 0 bridgehead atoms. The summed E-state index contributed by atoms with van der Waals surface area (Å²) in [6.45, 7) is 1.24. The highest BCUT2D eigenvalue weighted by Crippen LogP contribution is 2.28. The molecule has 3 rings (SSSR count). The fraction of sp³-hybridized carbons (Fsp3) is 0.316. The van der Waals surface area contributed by atoms with E-state index < -0.39 is 0 Å². The van der Waals surface area contributed by atoms with Gasteiger partial charge in [-0.05, 0) is 24.6 Å². The van der Waals surface area contributed by atoms with Gasteiger partial charge in [-0.1, -0.05) is 23.7 Å². The van der Waals surface area contributed by atoms with Gasteiger partial charge in [0, 0.05) is 46.1 Å². The van der Waals surface area contributed by atoms with Crippen LogP contribution in [-0.4, -0.2) is 52.7 Å². The number of benzene rings is 1. The molecule has 136 valence electrons. The molecule has 2 heterocycles. The van der Waals surface area contributed by atoms with Crippen molar-refractivity contribution in [1.82, 2.24) is 19.4 Å². The number of carbonyl (C=O) groups excluding carboxylic acids is 1. The van der Waals surface area contributed by atoms with E-state index in [0.717, 1.165) is 17.8 Å². The van der Waals surface area contributed by atoms with Crippen molar-refractivity contribution >= 4 is 28.7 Å². The highest BCUT2D eigenvalue weighted by Gasteiger charge is 2.17. The van der Waals surface area contributed by atoms with Gasteiger partial charge in [0.25, 0.3) is 5.91 Å². The zero-order valence-corrected chi connectivity index (χ0v) is 15.8. The number of pyridine rings is 1. The Kier molecular flexibility index (Phi) is 5.54. The van der Waals surface area contributed by atoms with E-state index in [-0.39, 0.29) is 5.91 Å². The summed E-state index contributed by atoms with van der Waals surface area (Å²) in [5.41, 5.74) is 2.72. The molecule has 0 N–H and O–H groups in total. The number of aromatic nitrogens is 3. The molecule has 0 spiro atoms. The predicted molar refractivity (Wildman–Crippen MR) is 102 cm³/mol. The minimum absolute atomic E-state index is 0.0829. The van der Waals surface area contributed by atoms with E-state index in [0.29, 0.717) is 34.9 Å². The van der Waals surface area contributed by atoms with Crippen molar-refractivity contribution < 1.29 is 9.53 Å². The van der Waals surface area contributed by atoms with Crippen molar-refractivity contribution in [3.63, 3.8) is 0 Å². The number of halogens is 1. The van der Waals surface area contributed by atoms with Crippen molar-refractivity contribution in [3.8, 4) is 11.4 Å². The molecule has 0 aliphatic heterocycles. The average Bonchev–Trinajstić information content (AvgIpc) is 2.97. The highest BCUT2D eigenvalue weighted by molar-refractivity contribution is 6.33. The zero-order valence-electron chi connectivity index (χ0n) is 15.1. The number of amides is 1. The minimum Gasteiger partial charge on any atom is -0.385 e. The standard InChI is InChI=1S/C19H21ClN4O2/c1-23(9-6-10-26-3)19(25)13-11-16-18(21-12-13)24(2)17(22-16)14-7-4-5-8-15(14)20/h4-5,7-8,11-12H,6,9-10H2,1-3H3. The first-order valence-corrected chi connectivity index (χ1v) is 8.72. The van der Waals surface area contributed by atoms with Crippen LogP contribution in [0.2, 0.25) is 5.02 Å². The lowest BCUT2D eigenvalue weighted by atomic mass is 10.2. The van der Waals surface area contributed by atoms with E-state index in [9.17, 15) is 4.79 Å². The second kappa shape index (κ2) is 7.85. The number of methoxy groups -OCH3 is 1. The zero-order chi connectivity index (χ0) is 18.7. The molecule has 0 saturated carbocycles. The van der Waals surface area contributed by atoms with Gasteiger partial charge in [-0.25, -0.2) is 9.97 Å². The van der Waals surface area contributed by atoms with Crippen LogP contribution in [0.15, 0.2) is 36.5 Å². The van der Waals surface area contributed by atoms with Crippen LogP contribution in [0.25, 0.3) is 22.6 Å². The van der Waals surface area contributed by atoms with Gasteiger partial charge in [0.2, 0.25) is 0 Å². The number of hydrogen-bond donors (Lipinski definition) is 0. The number of imidazole rings is 1. The maximum Gasteiger partial charge on any atom is 0.255 e. The molecule has 0 saturated heterocycles. The number of rotatable bonds is 6. The second-order valence-electron chi connectivity index (χ2n) is 6.11. The van der Waals surface area contributed by atoms with E-state index in [1.165, 1.54) is 0 Å². The predicted octanol–water partition coefficient (Wildman–Crippen LogP) is 3.40. The summed E-state index contributed by atoms with van der Waals surface area (Å²) in [4.78, 5) is 23.3. The Labute approximate surface area is 157 Å². The molecule has 0 radical (unpaired) electrons. The number of nitrogens with zero attached hydrogens (tertiary/aromatic N) is 4. The van der Waals surface area contributed by atoms with Crippen molar-refractivity contribution in [2.24, 2.45) is 7.05 Å². The van der Waals surface area contributed by atoms with Gasteiger partial charge in [-0.3, -0.25) is 4.79 Å². The SMILES string of the molecule is COCCCN(C)C(=O)c1cnc2c(c1)nc(-c1ccccc1Cl)n2C. The summed E-state index contributed by atoms with van der Waals surface area (Å²) < 4.78 is 6.91. The molecule has 7 heteroatoms. The minimum atomic E-state index is -0.0829. The molecule has 0 aliphatic carbocycles. The third kappa shape index (κ3) is 3.57. The van der Waals surface area contributed by atoms with E-state index >= 15 is 0 Å². The highest BCUT2D eigenvalue weighted by atomic mass is 35.5. The van der Waals surface area contributed by atoms with Crippen molar-refractivity contribution in [3.05, 3.63) is 47.1 Å². The largest absolute Gasteiger partial charge is 0.385 e. The maximum atomic E-state index is 12.6. The van der Waals surface area contributed by atoms with Crippen LogP contribution < -0.4 is 0 Å². The van der Waals surface area contributed by atoms with Crippen molar-refractivity contribution in [1.29, 1.82) is 0 Å². The summed E-state index contributed by atoms with van der Waals surface area (Å²) in [6, 6.07) is 9.31. The molecule has 1 aromatic carbocycles. The quantitative estimate of drug-likeness (QED) is 0.622. The van der Waals surface area contributed by atoms with Gasteiger partial charge >= 0.3 is 0 Å². The Morgan fingerprint density at radius 1 is 1.35 bits per heavy atom. The van der Waals surface area contributed by atoms with E-state index in [1.54, 1.807) is 31.3 Å². The first kappa shape index (κ1) is 18.4. The fourth-order valence-corrected chi connectivity index (χ4v) is 3.06. The van der Waals surface area contributed by atoms with Crippen LogP contribution in [-0.2, 0) is 11.8 Å². The molecule has 3 aromatic rings. The third-order valence-electron chi connectivity index (χ3n) is 4.26. The van der Waals surface area contributed by atoms with Gasteiger partial charge in [0.05, 0.1) is 10.6 Å².